The molecule has 0 aliphatic carbocycles. The Morgan fingerprint density at radius 1 is 1.37 bits per heavy atom. The quantitative estimate of drug-likeness (QED) is 0.616. The number of ether oxygens (including phenoxy) is 1. The van der Waals surface area contributed by atoms with Gasteiger partial charge in [-0.15, -0.1) is 0 Å². The van der Waals surface area contributed by atoms with Crippen LogP contribution in [0.1, 0.15) is 30.6 Å². The van der Waals surface area contributed by atoms with Crippen molar-refractivity contribution in [2.75, 3.05) is 0 Å². The van der Waals surface area contributed by atoms with E-state index >= 15 is 0 Å². The van der Waals surface area contributed by atoms with Gasteiger partial charge in [0.2, 0.25) is 0 Å². The van der Waals surface area contributed by atoms with E-state index in [1.54, 1.807) is 13.0 Å². The molecule has 0 radical (unpaired) electrons. The van der Waals surface area contributed by atoms with E-state index in [-0.39, 0.29) is 17.7 Å². The molecule has 1 amide bonds. The summed E-state index contributed by atoms with van der Waals surface area (Å²) < 4.78 is 4.85. The zero-order chi connectivity index (χ0) is 14.4. The predicted molar refractivity (Wildman–Crippen MR) is 66.9 cm³/mol. The number of carboxylic acid groups (broad SMARTS) is 1. The first-order chi connectivity index (χ1) is 8.93. The number of benzene rings is 1. The van der Waals surface area contributed by atoms with Crippen molar-refractivity contribution in [3.8, 4) is 5.75 Å². The van der Waals surface area contributed by atoms with Gasteiger partial charge in [-0.3, -0.25) is 9.59 Å². The normalized spacial score (nSPS) is 11.5. The Morgan fingerprint density at radius 2 is 2.05 bits per heavy atom. The molecule has 19 heavy (non-hydrogen) atoms. The topological polar surface area (TPSA) is 92.7 Å². The van der Waals surface area contributed by atoms with Crippen LogP contribution in [0.25, 0.3) is 0 Å². The first kappa shape index (κ1) is 14.7. The van der Waals surface area contributed by atoms with Crippen molar-refractivity contribution in [2.24, 2.45) is 0 Å². The second-order valence-corrected chi connectivity index (χ2v) is 3.89. The van der Waals surface area contributed by atoms with Gasteiger partial charge in [-0.05, 0) is 24.6 Å². The summed E-state index contributed by atoms with van der Waals surface area (Å²) in [5.41, 5.74) is 0.235. The van der Waals surface area contributed by atoms with Gasteiger partial charge in [0, 0.05) is 12.5 Å². The molecule has 6 nitrogen and oxygen atoms in total. The maximum absolute atomic E-state index is 11.8. The van der Waals surface area contributed by atoms with Gasteiger partial charge in [-0.2, -0.15) is 0 Å². The van der Waals surface area contributed by atoms with Gasteiger partial charge < -0.3 is 15.2 Å². The average Bonchev–Trinajstić information content (AvgIpc) is 2.34. The lowest BCUT2D eigenvalue weighted by Crippen LogP contribution is -2.40. The molecule has 1 aromatic rings. The molecule has 0 unspecified atom stereocenters. The van der Waals surface area contributed by atoms with E-state index in [1.807, 2.05) is 0 Å². The van der Waals surface area contributed by atoms with Gasteiger partial charge in [0.15, 0.2) is 0 Å². The number of aliphatic carboxylic acids is 1. The van der Waals surface area contributed by atoms with Gasteiger partial charge in [-0.1, -0.05) is 13.0 Å². The van der Waals surface area contributed by atoms with E-state index in [0.717, 1.165) is 0 Å². The highest BCUT2D eigenvalue weighted by atomic mass is 16.5. The van der Waals surface area contributed by atoms with E-state index < -0.39 is 23.9 Å². The Bertz CT molecular complexity index is 498. The number of amides is 1. The Labute approximate surface area is 110 Å². The molecule has 2 N–H and O–H groups in total. The number of hydrogen-bond donors (Lipinski definition) is 2. The Balaban J connectivity index is 2.82. The fourth-order valence-corrected chi connectivity index (χ4v) is 1.45. The number of esters is 1. The third-order valence-electron chi connectivity index (χ3n) is 2.37. The monoisotopic (exact) mass is 265 g/mol. The summed E-state index contributed by atoms with van der Waals surface area (Å²) in [5, 5.41) is 11.2. The highest BCUT2D eigenvalue weighted by molar-refractivity contribution is 5.97. The molecular weight excluding hydrogens is 250 g/mol. The first-order valence-electron chi connectivity index (χ1n) is 5.76. The zero-order valence-electron chi connectivity index (χ0n) is 10.7. The third-order valence-corrected chi connectivity index (χ3v) is 2.37. The molecule has 0 bridgehead atoms. The molecule has 0 aliphatic heterocycles. The number of nitrogens with one attached hydrogen (secondary N) is 1. The zero-order valence-corrected chi connectivity index (χ0v) is 10.7. The fraction of sp³-hybridized carbons (Fsp3) is 0.308. The van der Waals surface area contributed by atoms with Crippen molar-refractivity contribution in [3.63, 3.8) is 0 Å². The number of carbonyl (C=O) groups excluding carboxylic acids is 2. The Kier molecular flexibility index (Phi) is 5.05. The molecule has 1 atom stereocenters. The predicted octanol–water partition coefficient (Wildman–Crippen LogP) is 1.20. The Hall–Kier alpha value is -2.37. The number of carboxylic acids is 1. The lowest BCUT2D eigenvalue weighted by atomic mass is 10.1. The van der Waals surface area contributed by atoms with Crippen LogP contribution in [0.3, 0.4) is 0 Å². The van der Waals surface area contributed by atoms with E-state index in [0.29, 0.717) is 0 Å². The van der Waals surface area contributed by atoms with E-state index in [2.05, 4.69) is 5.32 Å². The second-order valence-electron chi connectivity index (χ2n) is 3.89. The highest BCUT2D eigenvalue weighted by Crippen LogP contribution is 2.13. The van der Waals surface area contributed by atoms with E-state index in [9.17, 15) is 14.4 Å². The summed E-state index contributed by atoms with van der Waals surface area (Å²) in [6.45, 7) is 2.92. The molecule has 0 heterocycles. The van der Waals surface area contributed by atoms with E-state index in [4.69, 9.17) is 9.84 Å². The van der Waals surface area contributed by atoms with Gasteiger partial charge in [0.25, 0.3) is 5.91 Å². The average molecular weight is 265 g/mol. The summed E-state index contributed by atoms with van der Waals surface area (Å²) in [5.74, 6) is -1.87. The van der Waals surface area contributed by atoms with Crippen LogP contribution in [0, 0.1) is 0 Å². The molecule has 0 aliphatic rings. The summed E-state index contributed by atoms with van der Waals surface area (Å²) in [6, 6.07) is 5.04. The van der Waals surface area contributed by atoms with Crippen molar-refractivity contribution in [3.05, 3.63) is 29.8 Å². The SMILES string of the molecule is CC[C@@H](NC(=O)c1cccc(OC(C)=O)c1)C(=O)O. The summed E-state index contributed by atoms with van der Waals surface area (Å²) in [4.78, 5) is 33.5. The van der Waals surface area contributed by atoms with Gasteiger partial charge >= 0.3 is 11.9 Å². The fourth-order valence-electron chi connectivity index (χ4n) is 1.45. The number of carbonyl (C=O) groups is 3. The van der Waals surface area contributed by atoms with Crippen LogP contribution < -0.4 is 10.1 Å². The minimum absolute atomic E-state index is 0.235. The first-order valence-corrected chi connectivity index (χ1v) is 5.76. The highest BCUT2D eigenvalue weighted by Gasteiger charge is 2.18. The molecule has 0 saturated carbocycles. The minimum Gasteiger partial charge on any atom is -0.480 e. The molecule has 0 aromatic heterocycles. The second kappa shape index (κ2) is 6.53. The lowest BCUT2D eigenvalue weighted by Gasteiger charge is -2.12. The maximum Gasteiger partial charge on any atom is 0.326 e. The summed E-state index contributed by atoms with van der Waals surface area (Å²) in [6.07, 6.45) is 0.282. The van der Waals surface area contributed by atoms with Crippen molar-refractivity contribution in [2.45, 2.75) is 26.3 Å². The molecule has 0 fully saturated rings. The largest absolute Gasteiger partial charge is 0.480 e. The molecule has 6 heteroatoms. The summed E-state index contributed by atoms with van der Waals surface area (Å²) in [7, 11) is 0. The smallest absolute Gasteiger partial charge is 0.326 e. The van der Waals surface area contributed by atoms with Gasteiger partial charge in [0.05, 0.1) is 0 Å². The van der Waals surface area contributed by atoms with Gasteiger partial charge in [0.1, 0.15) is 11.8 Å². The van der Waals surface area contributed by atoms with Crippen molar-refractivity contribution >= 4 is 17.8 Å². The van der Waals surface area contributed by atoms with E-state index in [1.165, 1.54) is 25.1 Å². The van der Waals surface area contributed by atoms with Crippen LogP contribution in [0.5, 0.6) is 5.75 Å². The standard InChI is InChI=1S/C13H15NO5/c1-3-11(13(17)18)14-12(16)9-5-4-6-10(7-9)19-8(2)15/h4-7,11H,3H2,1-2H3,(H,14,16)(H,17,18)/t11-/m1/s1. The molecule has 1 rings (SSSR count). The van der Waals surface area contributed by atoms with Crippen LogP contribution in [-0.2, 0) is 9.59 Å². The van der Waals surface area contributed by atoms with Crippen LogP contribution in [0.4, 0.5) is 0 Å². The molecule has 102 valence electrons. The van der Waals surface area contributed by atoms with Crippen molar-refractivity contribution in [1.29, 1.82) is 0 Å². The number of rotatable bonds is 5. The van der Waals surface area contributed by atoms with Crippen LogP contribution in [0.2, 0.25) is 0 Å². The Morgan fingerprint density at radius 3 is 2.58 bits per heavy atom. The molecule has 0 saturated heterocycles. The third kappa shape index (κ3) is 4.42. The van der Waals surface area contributed by atoms with Gasteiger partial charge in [-0.25, -0.2) is 4.79 Å². The molecule has 0 spiro atoms. The lowest BCUT2D eigenvalue weighted by molar-refractivity contribution is -0.139. The van der Waals surface area contributed by atoms with Crippen LogP contribution in [-0.4, -0.2) is 29.0 Å². The van der Waals surface area contributed by atoms with Crippen LogP contribution in [0.15, 0.2) is 24.3 Å². The maximum atomic E-state index is 11.8. The molecular formula is C13H15NO5. The van der Waals surface area contributed by atoms with Crippen molar-refractivity contribution in [1.82, 2.24) is 5.32 Å². The number of hydrogen-bond acceptors (Lipinski definition) is 4. The van der Waals surface area contributed by atoms with Crippen molar-refractivity contribution < 1.29 is 24.2 Å². The molecule has 1 aromatic carbocycles. The minimum atomic E-state index is -1.09. The summed E-state index contributed by atoms with van der Waals surface area (Å²) >= 11 is 0. The van der Waals surface area contributed by atoms with Crippen LogP contribution >= 0.6 is 0 Å².